The molecular formula is C25H22N2O7S. The van der Waals surface area contributed by atoms with Gasteiger partial charge in [0.2, 0.25) is 0 Å². The maximum atomic E-state index is 13.3. The molecule has 10 heteroatoms. The molecule has 2 aromatic carbocycles. The van der Waals surface area contributed by atoms with Gasteiger partial charge < -0.3 is 19.3 Å². The molecule has 1 amide bonds. The molecule has 0 saturated carbocycles. The van der Waals surface area contributed by atoms with Gasteiger partial charge in [0.15, 0.2) is 16.6 Å². The lowest BCUT2D eigenvalue weighted by molar-refractivity contribution is -0.132. The third-order valence-electron chi connectivity index (χ3n) is 5.58. The molecule has 1 aromatic heterocycles. The summed E-state index contributed by atoms with van der Waals surface area (Å²) in [6.07, 6.45) is 0. The van der Waals surface area contributed by atoms with Gasteiger partial charge in [-0.15, -0.1) is 0 Å². The maximum Gasteiger partial charge on any atom is 0.350 e. The van der Waals surface area contributed by atoms with E-state index in [1.54, 1.807) is 55.5 Å². The van der Waals surface area contributed by atoms with Crippen LogP contribution in [0.25, 0.3) is 5.76 Å². The van der Waals surface area contributed by atoms with E-state index in [1.807, 2.05) is 0 Å². The molecule has 0 radical (unpaired) electrons. The number of rotatable bonds is 6. The van der Waals surface area contributed by atoms with Crippen LogP contribution in [0.5, 0.6) is 11.5 Å². The molecule has 35 heavy (non-hydrogen) atoms. The summed E-state index contributed by atoms with van der Waals surface area (Å²) in [5.74, 6) is -1.86. The summed E-state index contributed by atoms with van der Waals surface area (Å²) in [6, 6.07) is 12.4. The number of hydrogen-bond donors (Lipinski definition) is 1. The number of aromatic nitrogens is 1. The fraction of sp³-hybridized carbons (Fsp3) is 0.200. The van der Waals surface area contributed by atoms with Gasteiger partial charge in [-0.2, -0.15) is 0 Å². The number of aryl methyl sites for hydroxylation is 1. The van der Waals surface area contributed by atoms with Gasteiger partial charge in [0.1, 0.15) is 10.6 Å². The summed E-state index contributed by atoms with van der Waals surface area (Å²) >= 11 is 0.928. The highest BCUT2D eigenvalue weighted by atomic mass is 32.1. The summed E-state index contributed by atoms with van der Waals surface area (Å²) in [5, 5.41) is 11.3. The lowest BCUT2D eigenvalue weighted by Crippen LogP contribution is -2.29. The second-order valence-electron chi connectivity index (χ2n) is 7.55. The zero-order valence-corrected chi connectivity index (χ0v) is 20.2. The second-order valence-corrected chi connectivity index (χ2v) is 8.53. The van der Waals surface area contributed by atoms with E-state index in [9.17, 15) is 19.5 Å². The lowest BCUT2D eigenvalue weighted by atomic mass is 9.95. The first kappa shape index (κ1) is 24.0. The fourth-order valence-corrected chi connectivity index (χ4v) is 4.90. The number of anilines is 1. The van der Waals surface area contributed by atoms with E-state index in [0.717, 1.165) is 11.3 Å². The number of benzene rings is 2. The zero-order valence-electron chi connectivity index (χ0n) is 19.4. The standard InChI is InChI=1S/C25H22N2O7S/c1-13-22(24(31)34-4)35-25(26-13)27-19(15-10-11-16(32-2)17(12-15)33-3)18(21(29)23(27)30)20(28)14-8-6-5-7-9-14/h5-12,19,28H,1-4H3/b20-18+/t19-/m0/s1. The van der Waals surface area contributed by atoms with Crippen molar-refractivity contribution < 1.29 is 33.7 Å². The highest BCUT2D eigenvalue weighted by molar-refractivity contribution is 7.17. The molecule has 1 saturated heterocycles. The van der Waals surface area contributed by atoms with Gasteiger partial charge in [-0.05, 0) is 24.6 Å². The zero-order chi connectivity index (χ0) is 25.3. The Balaban J connectivity index is 1.96. The minimum absolute atomic E-state index is 0.110. The number of aliphatic hydroxyl groups is 1. The Morgan fingerprint density at radius 1 is 1.03 bits per heavy atom. The van der Waals surface area contributed by atoms with E-state index in [0.29, 0.717) is 28.3 Å². The van der Waals surface area contributed by atoms with E-state index >= 15 is 0 Å². The van der Waals surface area contributed by atoms with Crippen LogP contribution in [-0.4, -0.2) is 49.1 Å². The van der Waals surface area contributed by atoms with E-state index in [2.05, 4.69) is 4.98 Å². The summed E-state index contributed by atoms with van der Waals surface area (Å²) in [6.45, 7) is 1.61. The smallest absolute Gasteiger partial charge is 0.350 e. The molecule has 0 bridgehead atoms. The summed E-state index contributed by atoms with van der Waals surface area (Å²) in [5.41, 5.74) is 1.10. The SMILES string of the molecule is COC(=O)c1sc(N2C(=O)C(=O)/C(=C(/O)c3ccccc3)[C@@H]2c2ccc(OC)c(OC)c2)nc1C. The number of carbonyl (C=O) groups excluding carboxylic acids is 3. The molecule has 3 aromatic rings. The molecule has 0 aliphatic carbocycles. The molecule has 0 unspecified atom stereocenters. The summed E-state index contributed by atoms with van der Waals surface area (Å²) in [4.78, 5) is 44.5. The Morgan fingerprint density at radius 3 is 2.34 bits per heavy atom. The number of hydrogen-bond acceptors (Lipinski definition) is 9. The molecule has 4 rings (SSSR count). The van der Waals surface area contributed by atoms with Crippen molar-refractivity contribution in [2.75, 3.05) is 26.2 Å². The highest BCUT2D eigenvalue weighted by Gasteiger charge is 2.48. The average molecular weight is 495 g/mol. The van der Waals surface area contributed by atoms with E-state index in [-0.39, 0.29) is 21.3 Å². The van der Waals surface area contributed by atoms with Crippen LogP contribution in [-0.2, 0) is 14.3 Å². The van der Waals surface area contributed by atoms with Crippen LogP contribution in [0.2, 0.25) is 0 Å². The molecule has 0 spiro atoms. The number of esters is 1. The van der Waals surface area contributed by atoms with Gasteiger partial charge >= 0.3 is 11.9 Å². The lowest BCUT2D eigenvalue weighted by Gasteiger charge is -2.23. The number of Topliss-reactive ketones (excluding diaryl/α,β-unsaturated/α-hetero) is 1. The Kier molecular flexibility index (Phi) is 6.57. The van der Waals surface area contributed by atoms with Gasteiger partial charge in [-0.25, -0.2) is 9.78 Å². The minimum atomic E-state index is -1.04. The van der Waals surface area contributed by atoms with Crippen LogP contribution in [0.3, 0.4) is 0 Å². The number of ether oxygens (including phenoxy) is 3. The molecule has 1 atom stereocenters. The maximum absolute atomic E-state index is 13.3. The number of methoxy groups -OCH3 is 3. The van der Waals surface area contributed by atoms with Crippen molar-refractivity contribution in [1.82, 2.24) is 4.98 Å². The highest BCUT2D eigenvalue weighted by Crippen LogP contribution is 2.45. The van der Waals surface area contributed by atoms with Crippen molar-refractivity contribution in [2.45, 2.75) is 13.0 Å². The van der Waals surface area contributed by atoms with Gasteiger partial charge in [-0.1, -0.05) is 47.7 Å². The van der Waals surface area contributed by atoms with Crippen LogP contribution in [0.15, 0.2) is 54.1 Å². The van der Waals surface area contributed by atoms with Crippen molar-refractivity contribution in [2.24, 2.45) is 0 Å². The first-order valence-electron chi connectivity index (χ1n) is 10.5. The van der Waals surface area contributed by atoms with Crippen molar-refractivity contribution in [3.05, 3.63) is 75.8 Å². The minimum Gasteiger partial charge on any atom is -0.507 e. The van der Waals surface area contributed by atoms with Crippen molar-refractivity contribution in [3.8, 4) is 11.5 Å². The van der Waals surface area contributed by atoms with Gasteiger partial charge in [0, 0.05) is 5.56 Å². The number of ketones is 1. The molecule has 1 N–H and O–H groups in total. The molecule has 9 nitrogen and oxygen atoms in total. The van der Waals surface area contributed by atoms with Crippen LogP contribution < -0.4 is 14.4 Å². The fourth-order valence-electron chi connectivity index (χ4n) is 3.89. The first-order chi connectivity index (χ1) is 16.8. The third kappa shape index (κ3) is 4.12. The molecular weight excluding hydrogens is 472 g/mol. The van der Waals surface area contributed by atoms with Gasteiger partial charge in [0.25, 0.3) is 5.78 Å². The largest absolute Gasteiger partial charge is 0.507 e. The van der Waals surface area contributed by atoms with E-state index < -0.39 is 23.7 Å². The number of carbonyl (C=O) groups is 3. The molecule has 1 aliphatic heterocycles. The van der Waals surface area contributed by atoms with Crippen molar-refractivity contribution in [1.29, 1.82) is 0 Å². The van der Waals surface area contributed by atoms with Crippen molar-refractivity contribution >= 4 is 39.9 Å². The van der Waals surface area contributed by atoms with Gasteiger partial charge in [-0.3, -0.25) is 14.5 Å². The Morgan fingerprint density at radius 2 is 1.71 bits per heavy atom. The molecule has 1 fully saturated rings. The summed E-state index contributed by atoms with van der Waals surface area (Å²) < 4.78 is 15.5. The molecule has 180 valence electrons. The van der Waals surface area contributed by atoms with Crippen LogP contribution in [0, 0.1) is 6.92 Å². The Bertz CT molecular complexity index is 1350. The van der Waals surface area contributed by atoms with Crippen molar-refractivity contribution in [3.63, 3.8) is 0 Å². The number of nitrogens with zero attached hydrogens (tertiary/aromatic N) is 2. The Labute approximate surface area is 205 Å². The van der Waals surface area contributed by atoms with Crippen LogP contribution in [0.1, 0.15) is 32.5 Å². The predicted molar refractivity (Wildman–Crippen MR) is 129 cm³/mol. The van der Waals surface area contributed by atoms with Gasteiger partial charge in [0.05, 0.1) is 38.6 Å². The second kappa shape index (κ2) is 9.59. The van der Waals surface area contributed by atoms with E-state index in [4.69, 9.17) is 14.2 Å². The monoisotopic (exact) mass is 494 g/mol. The average Bonchev–Trinajstić information content (AvgIpc) is 3.39. The first-order valence-corrected chi connectivity index (χ1v) is 11.3. The van der Waals surface area contributed by atoms with Crippen LogP contribution in [0.4, 0.5) is 5.13 Å². The predicted octanol–water partition coefficient (Wildman–Crippen LogP) is 3.88. The van der Waals surface area contributed by atoms with Crippen LogP contribution >= 0.6 is 11.3 Å². The van der Waals surface area contributed by atoms with E-state index in [1.165, 1.54) is 26.2 Å². The molecule has 2 heterocycles. The Hall–Kier alpha value is -4.18. The normalized spacial score (nSPS) is 16.9. The number of aliphatic hydroxyl groups excluding tert-OH is 1. The quantitative estimate of drug-likeness (QED) is 0.238. The number of thiazole rings is 1. The third-order valence-corrected chi connectivity index (χ3v) is 6.71. The summed E-state index contributed by atoms with van der Waals surface area (Å²) in [7, 11) is 4.21. The molecule has 1 aliphatic rings. The number of amides is 1. The topological polar surface area (TPSA) is 115 Å².